The minimum Gasteiger partial charge on any atom is -0.497 e. The van der Waals surface area contributed by atoms with Crippen LogP contribution in [0.2, 0.25) is 0 Å². The molecule has 1 aliphatic heterocycles. The van der Waals surface area contributed by atoms with Gasteiger partial charge in [-0.2, -0.15) is 0 Å². The highest BCUT2D eigenvalue weighted by molar-refractivity contribution is 6.00. The van der Waals surface area contributed by atoms with E-state index in [1.54, 1.807) is 13.2 Å². The standard InChI is InChI=1S/C20H20N4O2/c1-26-17-8-3-7-16(12-17)23-20(25)22-15-6-2-5-14(11-15)18-13-21-19-9-4-10-24(18)19/h2-3,5-8,11-13H,4,9-10H2,1H3,(H2,22,23,25). The third-order valence-corrected chi connectivity index (χ3v) is 4.46. The van der Waals surface area contributed by atoms with E-state index in [2.05, 4.69) is 20.2 Å². The second-order valence-electron chi connectivity index (χ2n) is 6.21. The summed E-state index contributed by atoms with van der Waals surface area (Å²) in [4.78, 5) is 16.8. The fourth-order valence-corrected chi connectivity index (χ4v) is 3.24. The largest absolute Gasteiger partial charge is 0.497 e. The summed E-state index contributed by atoms with van der Waals surface area (Å²) in [7, 11) is 1.60. The Balaban J connectivity index is 1.49. The van der Waals surface area contributed by atoms with Gasteiger partial charge in [0.15, 0.2) is 0 Å². The number of anilines is 2. The van der Waals surface area contributed by atoms with Crippen molar-refractivity contribution in [3.05, 3.63) is 60.6 Å². The van der Waals surface area contributed by atoms with Gasteiger partial charge < -0.3 is 19.9 Å². The number of hydrogen-bond acceptors (Lipinski definition) is 3. The Bertz CT molecular complexity index is 948. The summed E-state index contributed by atoms with van der Waals surface area (Å²) in [6, 6.07) is 14.8. The number of ether oxygens (including phenoxy) is 1. The van der Waals surface area contributed by atoms with Crippen LogP contribution in [0, 0.1) is 0 Å². The van der Waals surface area contributed by atoms with E-state index in [4.69, 9.17) is 4.74 Å². The summed E-state index contributed by atoms with van der Waals surface area (Å²) in [5, 5.41) is 5.69. The number of carbonyl (C=O) groups excluding carboxylic acids is 1. The van der Waals surface area contributed by atoms with Crippen molar-refractivity contribution in [3.8, 4) is 17.0 Å². The molecule has 0 spiro atoms. The number of rotatable bonds is 4. The lowest BCUT2D eigenvalue weighted by molar-refractivity contribution is 0.262. The number of amides is 2. The molecule has 132 valence electrons. The zero-order valence-electron chi connectivity index (χ0n) is 14.5. The predicted octanol–water partition coefficient (Wildman–Crippen LogP) is 4.15. The molecule has 2 aromatic carbocycles. The first-order valence-electron chi connectivity index (χ1n) is 8.60. The van der Waals surface area contributed by atoms with Crippen LogP contribution in [0.25, 0.3) is 11.3 Å². The van der Waals surface area contributed by atoms with Gasteiger partial charge in [0.2, 0.25) is 0 Å². The molecule has 3 aromatic rings. The predicted molar refractivity (Wildman–Crippen MR) is 102 cm³/mol. The van der Waals surface area contributed by atoms with Gasteiger partial charge in [-0.1, -0.05) is 18.2 Å². The third kappa shape index (κ3) is 3.26. The number of fused-ring (bicyclic) bond motifs is 1. The topological polar surface area (TPSA) is 68.2 Å². The molecular weight excluding hydrogens is 328 g/mol. The molecule has 2 heterocycles. The lowest BCUT2D eigenvalue weighted by Gasteiger charge is -2.10. The van der Waals surface area contributed by atoms with Crippen molar-refractivity contribution in [1.82, 2.24) is 9.55 Å². The summed E-state index contributed by atoms with van der Waals surface area (Å²) < 4.78 is 7.41. The second kappa shape index (κ2) is 6.92. The molecule has 2 N–H and O–H groups in total. The molecule has 0 saturated heterocycles. The normalized spacial score (nSPS) is 12.5. The van der Waals surface area contributed by atoms with E-state index in [1.807, 2.05) is 48.7 Å². The molecule has 0 saturated carbocycles. The third-order valence-electron chi connectivity index (χ3n) is 4.46. The SMILES string of the molecule is COc1cccc(NC(=O)Nc2cccc(-c3cnc4n3CCC4)c2)c1. The van der Waals surface area contributed by atoms with E-state index >= 15 is 0 Å². The lowest BCUT2D eigenvalue weighted by atomic mass is 10.1. The maximum absolute atomic E-state index is 12.3. The number of aryl methyl sites for hydroxylation is 1. The molecule has 6 nitrogen and oxygen atoms in total. The molecule has 0 unspecified atom stereocenters. The van der Waals surface area contributed by atoms with Crippen molar-refractivity contribution >= 4 is 17.4 Å². The molecule has 0 bridgehead atoms. The number of urea groups is 1. The van der Waals surface area contributed by atoms with Gasteiger partial charge >= 0.3 is 6.03 Å². The average Bonchev–Trinajstić information content (AvgIpc) is 3.25. The summed E-state index contributed by atoms with van der Waals surface area (Å²) in [5.41, 5.74) is 3.54. The molecule has 1 aliphatic rings. The van der Waals surface area contributed by atoms with Crippen LogP contribution < -0.4 is 15.4 Å². The Morgan fingerprint density at radius 2 is 1.88 bits per heavy atom. The highest BCUT2D eigenvalue weighted by Crippen LogP contribution is 2.27. The maximum Gasteiger partial charge on any atom is 0.323 e. The van der Waals surface area contributed by atoms with Crippen molar-refractivity contribution in [2.45, 2.75) is 19.4 Å². The Morgan fingerprint density at radius 3 is 2.69 bits per heavy atom. The zero-order valence-corrected chi connectivity index (χ0v) is 14.5. The fraction of sp³-hybridized carbons (Fsp3) is 0.200. The summed E-state index contributed by atoms with van der Waals surface area (Å²) in [5.74, 6) is 1.83. The Kier molecular flexibility index (Phi) is 4.31. The number of benzene rings is 2. The van der Waals surface area contributed by atoms with Crippen LogP contribution in [-0.2, 0) is 13.0 Å². The van der Waals surface area contributed by atoms with Gasteiger partial charge in [0.1, 0.15) is 11.6 Å². The average molecular weight is 348 g/mol. The zero-order chi connectivity index (χ0) is 17.9. The second-order valence-corrected chi connectivity index (χ2v) is 6.21. The Hall–Kier alpha value is -3.28. The molecule has 0 atom stereocenters. The van der Waals surface area contributed by atoms with E-state index in [0.717, 1.165) is 42.2 Å². The lowest BCUT2D eigenvalue weighted by Crippen LogP contribution is -2.19. The molecule has 0 fully saturated rings. The molecule has 6 heteroatoms. The van der Waals surface area contributed by atoms with Crippen molar-refractivity contribution < 1.29 is 9.53 Å². The van der Waals surface area contributed by atoms with Crippen LogP contribution in [-0.4, -0.2) is 22.7 Å². The van der Waals surface area contributed by atoms with Crippen molar-refractivity contribution in [3.63, 3.8) is 0 Å². The summed E-state index contributed by atoms with van der Waals surface area (Å²) in [6.45, 7) is 0.999. The number of hydrogen-bond donors (Lipinski definition) is 2. The first kappa shape index (κ1) is 16.2. The molecule has 4 rings (SSSR count). The van der Waals surface area contributed by atoms with Crippen LogP contribution in [0.15, 0.2) is 54.7 Å². The monoisotopic (exact) mass is 348 g/mol. The molecule has 0 radical (unpaired) electrons. The van der Waals surface area contributed by atoms with Gasteiger partial charge in [0.05, 0.1) is 19.0 Å². The Labute approximate surface area is 151 Å². The van der Waals surface area contributed by atoms with E-state index in [0.29, 0.717) is 11.4 Å². The first-order chi connectivity index (χ1) is 12.7. The highest BCUT2D eigenvalue weighted by Gasteiger charge is 2.16. The van der Waals surface area contributed by atoms with Gasteiger partial charge in [-0.3, -0.25) is 0 Å². The summed E-state index contributed by atoms with van der Waals surface area (Å²) >= 11 is 0. The van der Waals surface area contributed by atoms with E-state index in [-0.39, 0.29) is 6.03 Å². The van der Waals surface area contributed by atoms with Crippen LogP contribution in [0.1, 0.15) is 12.2 Å². The first-order valence-corrected chi connectivity index (χ1v) is 8.60. The van der Waals surface area contributed by atoms with E-state index in [9.17, 15) is 4.79 Å². The number of carbonyl (C=O) groups is 1. The highest BCUT2D eigenvalue weighted by atomic mass is 16.5. The number of methoxy groups -OCH3 is 1. The number of nitrogens with one attached hydrogen (secondary N) is 2. The minimum absolute atomic E-state index is 0.297. The van der Waals surface area contributed by atoms with Gasteiger partial charge in [-0.15, -0.1) is 0 Å². The van der Waals surface area contributed by atoms with Gasteiger partial charge in [0, 0.05) is 36.0 Å². The number of nitrogens with zero attached hydrogens (tertiary/aromatic N) is 2. The molecular formula is C20H20N4O2. The maximum atomic E-state index is 12.3. The Morgan fingerprint density at radius 1 is 1.12 bits per heavy atom. The smallest absolute Gasteiger partial charge is 0.323 e. The number of imidazole rings is 1. The van der Waals surface area contributed by atoms with Crippen LogP contribution >= 0.6 is 0 Å². The number of aromatic nitrogens is 2. The molecule has 1 aromatic heterocycles. The van der Waals surface area contributed by atoms with Gasteiger partial charge in [-0.05, 0) is 30.7 Å². The van der Waals surface area contributed by atoms with Gasteiger partial charge in [0.25, 0.3) is 0 Å². The van der Waals surface area contributed by atoms with Crippen molar-refractivity contribution in [1.29, 1.82) is 0 Å². The fourth-order valence-electron chi connectivity index (χ4n) is 3.24. The van der Waals surface area contributed by atoms with Crippen molar-refractivity contribution in [2.24, 2.45) is 0 Å². The quantitative estimate of drug-likeness (QED) is 0.744. The van der Waals surface area contributed by atoms with E-state index < -0.39 is 0 Å². The minimum atomic E-state index is -0.297. The van der Waals surface area contributed by atoms with Crippen LogP contribution in [0.3, 0.4) is 0 Å². The van der Waals surface area contributed by atoms with Crippen molar-refractivity contribution in [2.75, 3.05) is 17.7 Å². The van der Waals surface area contributed by atoms with Crippen LogP contribution in [0.4, 0.5) is 16.2 Å². The molecule has 0 aliphatic carbocycles. The molecule has 2 amide bonds. The molecule has 26 heavy (non-hydrogen) atoms. The summed E-state index contributed by atoms with van der Waals surface area (Å²) in [6.07, 6.45) is 4.07. The van der Waals surface area contributed by atoms with Crippen LogP contribution in [0.5, 0.6) is 5.75 Å². The van der Waals surface area contributed by atoms with E-state index in [1.165, 1.54) is 0 Å². The van der Waals surface area contributed by atoms with Gasteiger partial charge in [-0.25, -0.2) is 9.78 Å².